The third kappa shape index (κ3) is 2.22. The first-order chi connectivity index (χ1) is 9.24. The Labute approximate surface area is 108 Å². The molecule has 3 aromatic rings. The average Bonchev–Trinajstić information content (AvgIpc) is 3.02. The van der Waals surface area contributed by atoms with Gasteiger partial charge in [-0.05, 0) is 6.07 Å². The predicted molar refractivity (Wildman–Crippen MR) is 69.8 cm³/mol. The van der Waals surface area contributed by atoms with Gasteiger partial charge in [-0.25, -0.2) is 4.98 Å². The lowest BCUT2D eigenvalue weighted by Crippen LogP contribution is -1.98. The number of benzene rings is 1. The molecule has 0 unspecified atom stereocenters. The number of aromatic amines is 1. The van der Waals surface area contributed by atoms with Gasteiger partial charge in [0.25, 0.3) is 0 Å². The Morgan fingerprint density at radius 3 is 3.05 bits per heavy atom. The summed E-state index contributed by atoms with van der Waals surface area (Å²) >= 11 is 0. The lowest BCUT2D eigenvalue weighted by Gasteiger charge is -1.94. The van der Waals surface area contributed by atoms with E-state index in [2.05, 4.69) is 9.97 Å². The summed E-state index contributed by atoms with van der Waals surface area (Å²) in [6.07, 6.45) is 3.85. The Bertz CT molecular complexity index is 727. The molecule has 0 bridgehead atoms. The first kappa shape index (κ1) is 11.5. The molecule has 5 nitrogen and oxygen atoms in total. The lowest BCUT2D eigenvalue weighted by molar-refractivity contribution is -0.137. The highest BCUT2D eigenvalue weighted by Crippen LogP contribution is 2.29. The Hall–Kier alpha value is -2.56. The minimum absolute atomic E-state index is 0.0685. The summed E-state index contributed by atoms with van der Waals surface area (Å²) in [6.45, 7) is 0. The normalized spacial score (nSPS) is 10.9. The van der Waals surface area contributed by atoms with Crippen molar-refractivity contribution in [3.63, 3.8) is 0 Å². The molecule has 1 aromatic carbocycles. The Morgan fingerprint density at radius 1 is 1.37 bits per heavy atom. The van der Waals surface area contributed by atoms with Gasteiger partial charge in [-0.1, -0.05) is 18.2 Å². The number of nitrogens with zero attached hydrogens (tertiary/aromatic N) is 1. The number of aliphatic carboxylic acids is 1. The van der Waals surface area contributed by atoms with Crippen molar-refractivity contribution in [1.29, 1.82) is 0 Å². The van der Waals surface area contributed by atoms with Gasteiger partial charge in [0.05, 0.1) is 18.3 Å². The van der Waals surface area contributed by atoms with E-state index in [0.29, 0.717) is 12.2 Å². The number of carbonyl (C=O) groups is 1. The zero-order valence-corrected chi connectivity index (χ0v) is 10.1. The monoisotopic (exact) mass is 256 g/mol. The topological polar surface area (TPSA) is 79.1 Å². The molecule has 0 aliphatic heterocycles. The smallest absolute Gasteiger partial charge is 0.303 e. The van der Waals surface area contributed by atoms with Crippen molar-refractivity contribution in [2.75, 3.05) is 0 Å². The fourth-order valence-electron chi connectivity index (χ4n) is 2.04. The molecular formula is C14H12N2O3. The van der Waals surface area contributed by atoms with Crippen LogP contribution in [0.1, 0.15) is 12.2 Å². The van der Waals surface area contributed by atoms with Crippen LogP contribution in [0.4, 0.5) is 0 Å². The van der Waals surface area contributed by atoms with Crippen LogP contribution in [0, 0.1) is 0 Å². The highest BCUT2D eigenvalue weighted by Gasteiger charge is 2.10. The number of nitrogens with one attached hydrogen (secondary N) is 1. The molecule has 0 spiro atoms. The Kier molecular flexibility index (Phi) is 2.79. The van der Waals surface area contributed by atoms with Gasteiger partial charge in [0.15, 0.2) is 0 Å². The number of furan rings is 1. The van der Waals surface area contributed by atoms with Crippen molar-refractivity contribution >= 4 is 16.9 Å². The largest absolute Gasteiger partial charge is 0.481 e. The maximum Gasteiger partial charge on any atom is 0.303 e. The van der Waals surface area contributed by atoms with Crippen LogP contribution in [0.3, 0.4) is 0 Å². The molecule has 0 radical (unpaired) electrons. The maximum atomic E-state index is 10.5. The number of hydrogen-bond acceptors (Lipinski definition) is 3. The summed E-state index contributed by atoms with van der Waals surface area (Å²) in [5.74, 6) is -0.158. The van der Waals surface area contributed by atoms with Gasteiger partial charge in [-0.2, -0.15) is 0 Å². The van der Waals surface area contributed by atoms with Crippen LogP contribution < -0.4 is 0 Å². The molecule has 0 atom stereocenters. The molecule has 0 fully saturated rings. The van der Waals surface area contributed by atoms with E-state index in [1.54, 1.807) is 12.5 Å². The molecule has 2 aromatic heterocycles. The van der Waals surface area contributed by atoms with Crippen LogP contribution in [0.25, 0.3) is 22.2 Å². The number of hydrogen-bond donors (Lipinski definition) is 2. The van der Waals surface area contributed by atoms with Gasteiger partial charge >= 0.3 is 5.97 Å². The number of aromatic nitrogens is 2. The summed E-state index contributed by atoms with van der Waals surface area (Å²) in [6, 6.07) is 7.75. The minimum Gasteiger partial charge on any atom is -0.481 e. The van der Waals surface area contributed by atoms with E-state index < -0.39 is 5.97 Å². The molecule has 3 rings (SSSR count). The lowest BCUT2D eigenvalue weighted by atomic mass is 10.1. The molecule has 0 saturated heterocycles. The van der Waals surface area contributed by atoms with E-state index in [1.165, 1.54) is 0 Å². The van der Waals surface area contributed by atoms with Crippen LogP contribution in [-0.4, -0.2) is 21.0 Å². The van der Waals surface area contributed by atoms with Crippen molar-refractivity contribution in [3.05, 3.63) is 42.5 Å². The second-order valence-electron chi connectivity index (χ2n) is 4.28. The van der Waals surface area contributed by atoms with E-state index in [9.17, 15) is 4.79 Å². The van der Waals surface area contributed by atoms with Crippen molar-refractivity contribution < 1.29 is 14.3 Å². The Morgan fingerprint density at radius 2 is 2.21 bits per heavy atom. The van der Waals surface area contributed by atoms with Crippen LogP contribution in [0.5, 0.6) is 0 Å². The van der Waals surface area contributed by atoms with Gasteiger partial charge < -0.3 is 14.5 Å². The first-order valence-electron chi connectivity index (χ1n) is 5.96. The summed E-state index contributed by atoms with van der Waals surface area (Å²) < 4.78 is 5.47. The van der Waals surface area contributed by atoms with Gasteiger partial charge in [0, 0.05) is 17.4 Å². The van der Waals surface area contributed by atoms with Crippen molar-refractivity contribution in [3.8, 4) is 11.3 Å². The highest BCUT2D eigenvalue weighted by atomic mass is 16.4. The second-order valence-corrected chi connectivity index (χ2v) is 4.28. The number of rotatable bonds is 4. The molecule has 19 heavy (non-hydrogen) atoms. The van der Waals surface area contributed by atoms with Crippen molar-refractivity contribution in [2.45, 2.75) is 12.8 Å². The molecule has 5 heteroatoms. The first-order valence-corrected chi connectivity index (χ1v) is 5.96. The van der Waals surface area contributed by atoms with E-state index in [0.717, 1.165) is 22.2 Å². The average molecular weight is 256 g/mol. The number of carboxylic acid groups (broad SMARTS) is 1. The third-order valence-electron chi connectivity index (χ3n) is 2.98. The number of imidazole rings is 1. The van der Waals surface area contributed by atoms with Gasteiger partial charge in [0.2, 0.25) is 0 Å². The molecular weight excluding hydrogens is 244 g/mol. The fourth-order valence-corrected chi connectivity index (χ4v) is 2.04. The van der Waals surface area contributed by atoms with Crippen molar-refractivity contribution in [2.24, 2.45) is 0 Å². The fraction of sp³-hybridized carbons (Fsp3) is 0.143. The maximum absolute atomic E-state index is 10.5. The highest BCUT2D eigenvalue weighted by molar-refractivity contribution is 5.92. The number of H-pyrrole nitrogens is 1. The molecule has 0 amide bonds. The molecule has 0 saturated carbocycles. The number of fused-ring (bicyclic) bond motifs is 1. The van der Waals surface area contributed by atoms with Gasteiger partial charge in [-0.15, -0.1) is 0 Å². The van der Waals surface area contributed by atoms with Crippen LogP contribution >= 0.6 is 0 Å². The second kappa shape index (κ2) is 4.61. The van der Waals surface area contributed by atoms with Crippen LogP contribution in [-0.2, 0) is 11.2 Å². The number of para-hydroxylation sites is 1. The van der Waals surface area contributed by atoms with Gasteiger partial charge in [-0.3, -0.25) is 4.79 Å². The van der Waals surface area contributed by atoms with E-state index >= 15 is 0 Å². The SMILES string of the molecule is O=C(O)CCc1ncc(-c2coc3ccccc23)[nH]1. The predicted octanol–water partition coefficient (Wildman–Crippen LogP) is 2.84. The summed E-state index contributed by atoms with van der Waals surface area (Å²) in [5.41, 5.74) is 2.59. The van der Waals surface area contributed by atoms with E-state index in [-0.39, 0.29) is 6.42 Å². The summed E-state index contributed by atoms with van der Waals surface area (Å²) in [4.78, 5) is 17.8. The van der Waals surface area contributed by atoms with Crippen LogP contribution in [0.2, 0.25) is 0 Å². The molecule has 2 heterocycles. The zero-order chi connectivity index (χ0) is 13.2. The quantitative estimate of drug-likeness (QED) is 0.752. The Balaban J connectivity index is 1.92. The van der Waals surface area contributed by atoms with Crippen molar-refractivity contribution in [1.82, 2.24) is 9.97 Å². The van der Waals surface area contributed by atoms with Gasteiger partial charge in [0.1, 0.15) is 17.7 Å². The van der Waals surface area contributed by atoms with E-state index in [4.69, 9.17) is 9.52 Å². The molecule has 0 aliphatic carbocycles. The molecule has 0 aliphatic rings. The van der Waals surface area contributed by atoms with Crippen LogP contribution in [0.15, 0.2) is 41.1 Å². The zero-order valence-electron chi connectivity index (χ0n) is 10.1. The minimum atomic E-state index is -0.827. The third-order valence-corrected chi connectivity index (χ3v) is 2.98. The molecule has 2 N–H and O–H groups in total. The number of carboxylic acids is 1. The van der Waals surface area contributed by atoms with E-state index in [1.807, 2.05) is 24.3 Å². The summed E-state index contributed by atoms with van der Waals surface area (Å²) in [7, 11) is 0. The number of aryl methyl sites for hydroxylation is 1. The summed E-state index contributed by atoms with van der Waals surface area (Å²) in [5, 5.41) is 9.66. The standard InChI is InChI=1S/C14H12N2O3/c17-14(18)6-5-13-15-7-11(16-13)10-8-19-12-4-2-1-3-9(10)12/h1-4,7-8H,5-6H2,(H,15,16)(H,17,18). The molecule has 96 valence electrons.